The zero-order valence-electron chi connectivity index (χ0n) is 13.9. The SMILES string of the molecule is Cc1noc(C)c1CN1CCN(C(=O)CN2C(=O)CNC2=O)CC1. The molecule has 2 saturated heterocycles. The van der Waals surface area contributed by atoms with Gasteiger partial charge in [-0.1, -0.05) is 5.16 Å². The molecule has 0 radical (unpaired) electrons. The number of carbonyl (C=O) groups excluding carboxylic acids is 3. The van der Waals surface area contributed by atoms with Gasteiger partial charge < -0.3 is 14.7 Å². The number of piperazine rings is 1. The van der Waals surface area contributed by atoms with E-state index in [4.69, 9.17) is 4.52 Å². The van der Waals surface area contributed by atoms with Crippen LogP contribution in [0, 0.1) is 13.8 Å². The highest BCUT2D eigenvalue weighted by Crippen LogP contribution is 2.16. The van der Waals surface area contributed by atoms with E-state index in [-0.39, 0.29) is 24.9 Å². The van der Waals surface area contributed by atoms with Crippen LogP contribution in [0.25, 0.3) is 0 Å². The van der Waals surface area contributed by atoms with Gasteiger partial charge in [-0.05, 0) is 13.8 Å². The van der Waals surface area contributed by atoms with Gasteiger partial charge in [0.05, 0.1) is 12.2 Å². The molecule has 0 spiro atoms. The Morgan fingerprint density at radius 2 is 1.92 bits per heavy atom. The topological polar surface area (TPSA) is 99.0 Å². The molecule has 0 bridgehead atoms. The van der Waals surface area contributed by atoms with E-state index in [2.05, 4.69) is 15.4 Å². The third-order valence-corrected chi connectivity index (χ3v) is 4.52. The van der Waals surface area contributed by atoms with E-state index in [9.17, 15) is 14.4 Å². The van der Waals surface area contributed by atoms with Crippen molar-refractivity contribution in [3.05, 3.63) is 17.0 Å². The van der Waals surface area contributed by atoms with E-state index in [1.807, 2.05) is 13.8 Å². The molecule has 2 aliphatic heterocycles. The Morgan fingerprint density at radius 3 is 2.46 bits per heavy atom. The lowest BCUT2D eigenvalue weighted by Crippen LogP contribution is -2.51. The summed E-state index contributed by atoms with van der Waals surface area (Å²) in [7, 11) is 0. The van der Waals surface area contributed by atoms with Gasteiger partial charge in [-0.3, -0.25) is 19.4 Å². The molecule has 1 N–H and O–H groups in total. The third kappa shape index (κ3) is 3.25. The van der Waals surface area contributed by atoms with Crippen LogP contribution in [0.2, 0.25) is 0 Å². The Bertz CT molecular complexity index is 627. The lowest BCUT2D eigenvalue weighted by molar-refractivity contribution is -0.137. The first kappa shape index (κ1) is 16.4. The monoisotopic (exact) mass is 335 g/mol. The van der Waals surface area contributed by atoms with Gasteiger partial charge in [0.1, 0.15) is 12.3 Å². The number of aryl methyl sites for hydroxylation is 2. The molecule has 3 rings (SSSR count). The van der Waals surface area contributed by atoms with Gasteiger partial charge in [0.2, 0.25) is 5.91 Å². The molecule has 0 aliphatic carbocycles. The average Bonchev–Trinajstić information content (AvgIpc) is 3.05. The number of imide groups is 1. The number of urea groups is 1. The molecular formula is C15H21N5O4. The Hall–Kier alpha value is -2.42. The summed E-state index contributed by atoms with van der Waals surface area (Å²) in [6.07, 6.45) is 0. The highest BCUT2D eigenvalue weighted by molar-refractivity contribution is 6.04. The number of hydrogen-bond acceptors (Lipinski definition) is 6. The van der Waals surface area contributed by atoms with Crippen LogP contribution >= 0.6 is 0 Å². The fourth-order valence-corrected chi connectivity index (χ4v) is 2.96. The predicted octanol–water partition coefficient (Wildman–Crippen LogP) is -0.513. The normalized spacial score (nSPS) is 19.1. The van der Waals surface area contributed by atoms with Gasteiger partial charge in [0.25, 0.3) is 5.91 Å². The van der Waals surface area contributed by atoms with Crippen molar-refractivity contribution in [3.63, 3.8) is 0 Å². The van der Waals surface area contributed by atoms with Crippen molar-refractivity contribution >= 4 is 17.8 Å². The van der Waals surface area contributed by atoms with Crippen LogP contribution < -0.4 is 5.32 Å². The fourth-order valence-electron chi connectivity index (χ4n) is 2.96. The largest absolute Gasteiger partial charge is 0.361 e. The number of amides is 4. The van der Waals surface area contributed by atoms with Crippen molar-refractivity contribution in [1.82, 2.24) is 25.2 Å². The molecule has 0 unspecified atom stereocenters. The number of nitrogens with one attached hydrogen (secondary N) is 1. The zero-order valence-corrected chi connectivity index (χ0v) is 13.9. The molecule has 0 atom stereocenters. The molecule has 1 aromatic heterocycles. The van der Waals surface area contributed by atoms with Crippen molar-refractivity contribution in [3.8, 4) is 0 Å². The summed E-state index contributed by atoms with van der Waals surface area (Å²) in [5, 5.41) is 6.37. The second-order valence-corrected chi connectivity index (χ2v) is 6.10. The minimum absolute atomic E-state index is 0.0304. The minimum Gasteiger partial charge on any atom is -0.361 e. The van der Waals surface area contributed by atoms with Gasteiger partial charge >= 0.3 is 6.03 Å². The Labute approximate surface area is 139 Å². The number of nitrogens with zero attached hydrogens (tertiary/aromatic N) is 4. The summed E-state index contributed by atoms with van der Waals surface area (Å²) >= 11 is 0. The number of carbonyl (C=O) groups is 3. The van der Waals surface area contributed by atoms with Crippen LogP contribution in [0.15, 0.2) is 4.52 Å². The first-order valence-electron chi connectivity index (χ1n) is 7.96. The van der Waals surface area contributed by atoms with Crippen molar-refractivity contribution in [1.29, 1.82) is 0 Å². The first-order valence-corrected chi connectivity index (χ1v) is 7.96. The maximum atomic E-state index is 12.3. The molecule has 2 fully saturated rings. The van der Waals surface area contributed by atoms with Crippen molar-refractivity contribution < 1.29 is 18.9 Å². The summed E-state index contributed by atoms with van der Waals surface area (Å²) < 4.78 is 5.17. The molecular weight excluding hydrogens is 314 g/mol. The molecule has 9 heteroatoms. The Balaban J connectivity index is 1.50. The summed E-state index contributed by atoms with van der Waals surface area (Å²) in [6.45, 7) is 6.96. The van der Waals surface area contributed by atoms with E-state index in [0.717, 1.165) is 41.6 Å². The number of aromatic nitrogens is 1. The summed E-state index contributed by atoms with van der Waals surface area (Å²) in [6, 6.07) is -0.495. The van der Waals surface area contributed by atoms with Crippen LogP contribution in [0.3, 0.4) is 0 Å². The molecule has 2 aliphatic rings. The quantitative estimate of drug-likeness (QED) is 0.744. The number of rotatable bonds is 4. The maximum Gasteiger partial charge on any atom is 0.325 e. The van der Waals surface area contributed by atoms with Crippen LogP contribution in [-0.2, 0) is 16.1 Å². The highest BCUT2D eigenvalue weighted by atomic mass is 16.5. The Kier molecular flexibility index (Phi) is 4.52. The molecule has 0 saturated carbocycles. The summed E-state index contributed by atoms with van der Waals surface area (Å²) in [5.41, 5.74) is 1.98. The lowest BCUT2D eigenvalue weighted by atomic mass is 10.2. The fraction of sp³-hybridized carbons (Fsp3) is 0.600. The molecule has 0 aromatic carbocycles. The van der Waals surface area contributed by atoms with E-state index in [1.54, 1.807) is 4.90 Å². The molecule has 1 aromatic rings. The minimum atomic E-state index is -0.495. The van der Waals surface area contributed by atoms with E-state index in [0.29, 0.717) is 13.1 Å². The maximum absolute atomic E-state index is 12.3. The molecule has 4 amide bonds. The smallest absolute Gasteiger partial charge is 0.325 e. The van der Waals surface area contributed by atoms with Crippen molar-refractivity contribution in [2.24, 2.45) is 0 Å². The molecule has 9 nitrogen and oxygen atoms in total. The van der Waals surface area contributed by atoms with Gasteiger partial charge in [-0.15, -0.1) is 0 Å². The van der Waals surface area contributed by atoms with Crippen molar-refractivity contribution in [2.45, 2.75) is 20.4 Å². The second kappa shape index (κ2) is 6.60. The highest BCUT2D eigenvalue weighted by Gasteiger charge is 2.32. The summed E-state index contributed by atoms with van der Waals surface area (Å²) in [4.78, 5) is 40.2. The van der Waals surface area contributed by atoms with E-state index in [1.165, 1.54) is 0 Å². The van der Waals surface area contributed by atoms with Crippen LogP contribution in [0.5, 0.6) is 0 Å². The third-order valence-electron chi connectivity index (χ3n) is 4.52. The van der Waals surface area contributed by atoms with Gasteiger partial charge in [0, 0.05) is 38.3 Å². The average molecular weight is 335 g/mol. The molecule has 130 valence electrons. The Morgan fingerprint density at radius 1 is 1.21 bits per heavy atom. The van der Waals surface area contributed by atoms with E-state index >= 15 is 0 Å². The van der Waals surface area contributed by atoms with Crippen LogP contribution in [-0.4, -0.2) is 77.0 Å². The predicted molar refractivity (Wildman–Crippen MR) is 82.9 cm³/mol. The van der Waals surface area contributed by atoms with E-state index < -0.39 is 6.03 Å². The number of hydrogen-bond donors (Lipinski definition) is 1. The van der Waals surface area contributed by atoms with Crippen LogP contribution in [0.1, 0.15) is 17.0 Å². The molecule has 3 heterocycles. The second-order valence-electron chi connectivity index (χ2n) is 6.10. The van der Waals surface area contributed by atoms with Gasteiger partial charge in [-0.25, -0.2) is 4.79 Å². The zero-order chi connectivity index (χ0) is 17.3. The van der Waals surface area contributed by atoms with Crippen LogP contribution in [0.4, 0.5) is 4.79 Å². The lowest BCUT2D eigenvalue weighted by Gasteiger charge is -2.35. The van der Waals surface area contributed by atoms with Gasteiger partial charge in [0.15, 0.2) is 0 Å². The van der Waals surface area contributed by atoms with Gasteiger partial charge in [-0.2, -0.15) is 0 Å². The molecule has 24 heavy (non-hydrogen) atoms. The standard InChI is InChI=1S/C15H21N5O4/c1-10-12(11(2)24-17-10)8-18-3-5-19(6-4-18)14(22)9-20-13(21)7-16-15(20)23/h3-9H2,1-2H3,(H,16,23). The summed E-state index contributed by atoms with van der Waals surface area (Å²) in [5.74, 6) is 0.271. The first-order chi connectivity index (χ1) is 11.5. The van der Waals surface area contributed by atoms with Crippen molar-refractivity contribution in [2.75, 3.05) is 39.3 Å².